The van der Waals surface area contributed by atoms with Crippen LogP contribution in [0.2, 0.25) is 0 Å². The fourth-order valence-corrected chi connectivity index (χ4v) is 5.98. The molecule has 0 saturated carbocycles. The molecule has 0 aliphatic heterocycles. The van der Waals surface area contributed by atoms with Gasteiger partial charge in [-0.15, -0.1) is 0 Å². The summed E-state index contributed by atoms with van der Waals surface area (Å²) in [6, 6.07) is 45.0. The molecule has 0 saturated heterocycles. The van der Waals surface area contributed by atoms with Crippen LogP contribution in [0.5, 0.6) is 0 Å². The van der Waals surface area contributed by atoms with E-state index in [1.165, 1.54) is 38.4 Å². The zero-order valence-corrected chi connectivity index (χ0v) is 20.6. The number of para-hydroxylation sites is 1. The summed E-state index contributed by atoms with van der Waals surface area (Å²) < 4.78 is 4.67. The van der Waals surface area contributed by atoms with E-state index < -0.39 is 0 Å². The van der Waals surface area contributed by atoms with Gasteiger partial charge in [-0.1, -0.05) is 109 Å². The van der Waals surface area contributed by atoms with Crippen molar-refractivity contribution >= 4 is 38.2 Å². The van der Waals surface area contributed by atoms with Crippen LogP contribution in [0, 0.1) is 0 Å². The topological polar surface area (TPSA) is 22.2 Å². The van der Waals surface area contributed by atoms with Crippen molar-refractivity contribution in [1.29, 1.82) is 0 Å². The zero-order valence-electron chi connectivity index (χ0n) is 20.6. The van der Waals surface area contributed by atoms with Gasteiger partial charge in [0.15, 0.2) is 0 Å². The summed E-state index contributed by atoms with van der Waals surface area (Å²) in [5.41, 5.74) is 8.25. The molecule has 4 aromatic heterocycles. The molecule has 0 bridgehead atoms. The molecule has 0 atom stereocenters. The van der Waals surface area contributed by atoms with Gasteiger partial charge in [0.05, 0.1) is 11.0 Å². The quantitative estimate of drug-likeness (QED) is 0.245. The molecule has 0 fully saturated rings. The Morgan fingerprint density at radius 1 is 0.500 bits per heavy atom. The molecular weight excluding hydrogens is 462 g/mol. The van der Waals surface area contributed by atoms with Crippen LogP contribution in [-0.2, 0) is 0 Å². The van der Waals surface area contributed by atoms with Gasteiger partial charge in [-0.2, -0.15) is 0 Å². The molecule has 0 amide bonds. The number of pyridine rings is 2. The van der Waals surface area contributed by atoms with Gasteiger partial charge in [0.2, 0.25) is 0 Å². The molecule has 0 unspecified atom stereocenters. The standard InChI is InChI=1S/C35H23N3/c1-3-13-24(14-4-1)29-23-36-34(27-18-8-7-17-26(27)29)38-30-20-10-9-19-28(30)33-32(25-15-5-2-6-16-25)31-21-11-12-22-37(31)35(33)38/h1-23H. The molecule has 8 rings (SSSR count). The Balaban J connectivity index is 1.55. The fraction of sp³-hybridized carbons (Fsp3) is 0. The Labute approximate surface area is 219 Å². The first-order valence-corrected chi connectivity index (χ1v) is 12.9. The Bertz CT molecular complexity index is 2110. The second kappa shape index (κ2) is 8.19. The second-order valence-corrected chi connectivity index (χ2v) is 9.66. The molecule has 0 spiro atoms. The smallest absolute Gasteiger partial charge is 0.146 e. The number of hydrogen-bond donors (Lipinski definition) is 0. The van der Waals surface area contributed by atoms with Crippen molar-refractivity contribution in [1.82, 2.24) is 14.0 Å². The second-order valence-electron chi connectivity index (χ2n) is 9.66. The highest BCUT2D eigenvalue weighted by Crippen LogP contribution is 2.43. The van der Waals surface area contributed by atoms with Crippen LogP contribution >= 0.6 is 0 Å². The van der Waals surface area contributed by atoms with Crippen LogP contribution in [0.3, 0.4) is 0 Å². The third-order valence-electron chi connectivity index (χ3n) is 7.58. The van der Waals surface area contributed by atoms with Crippen molar-refractivity contribution in [2.45, 2.75) is 0 Å². The Kier molecular flexibility index (Phi) is 4.52. The summed E-state index contributed by atoms with van der Waals surface area (Å²) in [7, 11) is 0. The molecule has 0 aliphatic carbocycles. The molecule has 4 heterocycles. The molecular formula is C35H23N3. The lowest BCUT2D eigenvalue weighted by Crippen LogP contribution is -2.01. The van der Waals surface area contributed by atoms with E-state index in [2.05, 4.69) is 143 Å². The molecule has 3 heteroatoms. The van der Waals surface area contributed by atoms with Crippen molar-refractivity contribution < 1.29 is 0 Å². The summed E-state index contributed by atoms with van der Waals surface area (Å²) in [5, 5.41) is 4.79. The summed E-state index contributed by atoms with van der Waals surface area (Å²) in [5.74, 6) is 0.939. The predicted molar refractivity (Wildman–Crippen MR) is 158 cm³/mol. The van der Waals surface area contributed by atoms with Gasteiger partial charge >= 0.3 is 0 Å². The van der Waals surface area contributed by atoms with Gasteiger partial charge < -0.3 is 4.40 Å². The lowest BCUT2D eigenvalue weighted by molar-refractivity contribution is 1.05. The minimum Gasteiger partial charge on any atom is -0.302 e. The van der Waals surface area contributed by atoms with Crippen molar-refractivity contribution in [2.24, 2.45) is 0 Å². The zero-order chi connectivity index (χ0) is 25.1. The van der Waals surface area contributed by atoms with Crippen LogP contribution in [0.1, 0.15) is 0 Å². The van der Waals surface area contributed by atoms with Crippen molar-refractivity contribution in [3.05, 3.63) is 140 Å². The van der Waals surface area contributed by atoms with Crippen molar-refractivity contribution in [2.75, 3.05) is 0 Å². The average Bonchev–Trinajstić information content (AvgIpc) is 3.50. The highest BCUT2D eigenvalue weighted by molar-refractivity contribution is 6.20. The first-order chi connectivity index (χ1) is 18.9. The van der Waals surface area contributed by atoms with Crippen LogP contribution in [0.4, 0.5) is 0 Å². The van der Waals surface area contributed by atoms with Gasteiger partial charge in [-0.3, -0.25) is 4.57 Å². The minimum atomic E-state index is 0.939. The Morgan fingerprint density at radius 2 is 1.11 bits per heavy atom. The average molecular weight is 486 g/mol. The maximum Gasteiger partial charge on any atom is 0.146 e. The molecule has 0 aliphatic rings. The number of fused-ring (bicyclic) bond motifs is 6. The maximum atomic E-state index is 5.16. The lowest BCUT2D eigenvalue weighted by Gasteiger charge is -2.14. The lowest BCUT2D eigenvalue weighted by atomic mass is 10.0. The number of rotatable bonds is 3. The molecule has 178 valence electrons. The Hall–Kier alpha value is -5.15. The third-order valence-corrected chi connectivity index (χ3v) is 7.58. The summed E-state index contributed by atoms with van der Waals surface area (Å²) >= 11 is 0. The van der Waals surface area contributed by atoms with Gasteiger partial charge in [-0.05, 0) is 34.7 Å². The largest absolute Gasteiger partial charge is 0.302 e. The predicted octanol–water partition coefficient (Wildman–Crippen LogP) is 8.92. The normalized spacial score (nSPS) is 11.7. The summed E-state index contributed by atoms with van der Waals surface area (Å²) in [4.78, 5) is 5.16. The van der Waals surface area contributed by atoms with E-state index in [0.29, 0.717) is 0 Å². The minimum absolute atomic E-state index is 0.939. The number of benzene rings is 4. The monoisotopic (exact) mass is 485 g/mol. The van der Waals surface area contributed by atoms with Crippen LogP contribution in [-0.4, -0.2) is 14.0 Å². The third kappa shape index (κ3) is 2.93. The van der Waals surface area contributed by atoms with E-state index in [0.717, 1.165) is 27.9 Å². The molecule has 3 nitrogen and oxygen atoms in total. The van der Waals surface area contributed by atoms with Crippen molar-refractivity contribution in [3.8, 4) is 28.1 Å². The van der Waals surface area contributed by atoms with E-state index in [-0.39, 0.29) is 0 Å². The van der Waals surface area contributed by atoms with E-state index in [1.807, 2.05) is 6.20 Å². The number of nitrogens with zero attached hydrogens (tertiary/aromatic N) is 3. The number of hydrogen-bond acceptors (Lipinski definition) is 1. The van der Waals surface area contributed by atoms with E-state index >= 15 is 0 Å². The molecule has 0 radical (unpaired) electrons. The SMILES string of the molecule is c1ccc(-c2cnc(-n3c4ccccc4c4c(-c5ccccc5)c5ccccn5c43)c3ccccc23)cc1. The molecule has 4 aromatic carbocycles. The van der Waals surface area contributed by atoms with E-state index in [9.17, 15) is 0 Å². The fourth-order valence-electron chi connectivity index (χ4n) is 5.98. The maximum absolute atomic E-state index is 5.16. The molecule has 8 aromatic rings. The number of aromatic nitrogens is 3. The summed E-state index contributed by atoms with van der Waals surface area (Å²) in [6.07, 6.45) is 4.20. The van der Waals surface area contributed by atoms with E-state index in [1.54, 1.807) is 0 Å². The van der Waals surface area contributed by atoms with E-state index in [4.69, 9.17) is 4.98 Å². The first kappa shape index (κ1) is 21.0. The van der Waals surface area contributed by atoms with Gasteiger partial charge in [0.25, 0.3) is 0 Å². The molecule has 38 heavy (non-hydrogen) atoms. The van der Waals surface area contributed by atoms with Crippen LogP contribution in [0.15, 0.2) is 140 Å². The Morgan fingerprint density at radius 3 is 1.89 bits per heavy atom. The highest BCUT2D eigenvalue weighted by atomic mass is 15.1. The molecule has 0 N–H and O–H groups in total. The van der Waals surface area contributed by atoms with Crippen LogP contribution < -0.4 is 0 Å². The first-order valence-electron chi connectivity index (χ1n) is 12.9. The van der Waals surface area contributed by atoms with Crippen LogP contribution in [0.25, 0.3) is 66.3 Å². The van der Waals surface area contributed by atoms with Gasteiger partial charge in [-0.25, -0.2) is 4.98 Å². The summed E-state index contributed by atoms with van der Waals surface area (Å²) in [6.45, 7) is 0. The highest BCUT2D eigenvalue weighted by Gasteiger charge is 2.24. The van der Waals surface area contributed by atoms with Crippen molar-refractivity contribution in [3.63, 3.8) is 0 Å². The van der Waals surface area contributed by atoms with Gasteiger partial charge in [0, 0.05) is 39.7 Å². The van der Waals surface area contributed by atoms with Gasteiger partial charge in [0.1, 0.15) is 11.5 Å².